The van der Waals surface area contributed by atoms with Crippen LogP contribution in [0.2, 0.25) is 0 Å². The highest BCUT2D eigenvalue weighted by atomic mass is 16.6. The van der Waals surface area contributed by atoms with Gasteiger partial charge in [-0.25, -0.2) is 4.79 Å². The Labute approximate surface area is 167 Å². The predicted octanol–water partition coefficient (Wildman–Crippen LogP) is 4.50. The Morgan fingerprint density at radius 3 is 2.43 bits per heavy atom. The fourth-order valence-electron chi connectivity index (χ4n) is 6.57. The van der Waals surface area contributed by atoms with Crippen LogP contribution in [-0.2, 0) is 14.3 Å². The van der Waals surface area contributed by atoms with Crippen molar-refractivity contribution in [1.29, 1.82) is 0 Å². The van der Waals surface area contributed by atoms with Crippen LogP contribution in [-0.4, -0.2) is 34.7 Å². The van der Waals surface area contributed by atoms with Crippen LogP contribution in [0.5, 0.6) is 0 Å². The van der Waals surface area contributed by atoms with Crippen molar-refractivity contribution in [3.63, 3.8) is 0 Å². The fraction of sp³-hybridized carbons (Fsp3) is 0.783. The molecule has 5 heteroatoms. The largest absolute Gasteiger partial charge is 0.443 e. The van der Waals surface area contributed by atoms with E-state index in [1.165, 1.54) is 0 Å². The SMILES string of the molecule is CC(C)(C)OC(=O)N1CC2C3CCC(=O)C3(C)CCC2C2(C)CCC(=O)C=C12. The molecule has 1 saturated heterocycles. The first kappa shape index (κ1) is 19.7. The molecule has 3 fully saturated rings. The third-order valence-electron chi connectivity index (χ3n) is 8.04. The van der Waals surface area contributed by atoms with E-state index < -0.39 is 5.60 Å². The number of nitrogens with zero attached hydrogens (tertiary/aromatic N) is 1. The zero-order valence-corrected chi connectivity index (χ0v) is 17.8. The van der Waals surface area contributed by atoms with Crippen LogP contribution in [0.3, 0.4) is 0 Å². The Hall–Kier alpha value is -1.65. The minimum atomic E-state index is -0.589. The molecule has 154 valence electrons. The molecule has 3 aliphatic carbocycles. The number of hydrogen-bond acceptors (Lipinski definition) is 4. The van der Waals surface area contributed by atoms with Crippen molar-refractivity contribution >= 4 is 17.7 Å². The Kier molecular flexibility index (Phi) is 4.33. The van der Waals surface area contributed by atoms with E-state index in [9.17, 15) is 14.4 Å². The van der Waals surface area contributed by atoms with Crippen molar-refractivity contribution in [3.8, 4) is 0 Å². The average Bonchev–Trinajstić information content (AvgIpc) is 2.89. The lowest BCUT2D eigenvalue weighted by Crippen LogP contribution is -2.59. The number of Topliss-reactive ketones (excluding diaryl/α,β-unsaturated/α-hetero) is 1. The standard InChI is InChI=1S/C23H33NO4/c1-21(2,3)28-20(27)24-13-15-16-6-7-19(26)23(16,5)11-9-17(15)22(4)10-8-14(25)12-18(22)24/h12,15-17H,6-11,13H2,1-5H3. The maximum Gasteiger partial charge on any atom is 0.414 e. The molecule has 1 heterocycles. The summed E-state index contributed by atoms with van der Waals surface area (Å²) in [6.45, 7) is 10.5. The molecule has 0 spiro atoms. The lowest BCUT2D eigenvalue weighted by Gasteiger charge is -2.59. The summed E-state index contributed by atoms with van der Waals surface area (Å²) in [6, 6.07) is 0. The second-order valence-corrected chi connectivity index (χ2v) is 10.8. The second kappa shape index (κ2) is 6.17. The van der Waals surface area contributed by atoms with E-state index in [0.29, 0.717) is 37.0 Å². The first-order chi connectivity index (χ1) is 13.0. The summed E-state index contributed by atoms with van der Waals surface area (Å²) in [4.78, 5) is 39.7. The number of hydrogen-bond donors (Lipinski definition) is 0. The van der Waals surface area contributed by atoms with Gasteiger partial charge in [0.25, 0.3) is 0 Å². The fourth-order valence-corrected chi connectivity index (χ4v) is 6.57. The van der Waals surface area contributed by atoms with E-state index >= 15 is 0 Å². The third kappa shape index (κ3) is 2.84. The molecular weight excluding hydrogens is 354 g/mol. The van der Waals surface area contributed by atoms with Crippen LogP contribution in [0, 0.1) is 28.6 Å². The van der Waals surface area contributed by atoms with E-state index in [2.05, 4.69) is 13.8 Å². The first-order valence-electron chi connectivity index (χ1n) is 10.7. The number of piperidine rings is 1. The first-order valence-corrected chi connectivity index (χ1v) is 10.7. The van der Waals surface area contributed by atoms with Gasteiger partial charge in [-0.15, -0.1) is 0 Å². The average molecular weight is 388 g/mol. The summed E-state index contributed by atoms with van der Waals surface area (Å²) in [6.07, 6.45) is 6.14. The van der Waals surface area contributed by atoms with E-state index in [0.717, 1.165) is 31.4 Å². The highest BCUT2D eigenvalue weighted by molar-refractivity contribution is 5.92. The maximum absolute atomic E-state index is 13.1. The van der Waals surface area contributed by atoms with Crippen LogP contribution < -0.4 is 0 Å². The molecular formula is C23H33NO4. The van der Waals surface area contributed by atoms with Crippen LogP contribution in [0.4, 0.5) is 4.79 Å². The summed E-state index contributed by atoms with van der Waals surface area (Å²) < 4.78 is 5.71. The van der Waals surface area contributed by atoms with E-state index in [1.807, 2.05) is 20.8 Å². The highest BCUT2D eigenvalue weighted by Gasteiger charge is 2.61. The molecule has 5 nitrogen and oxygen atoms in total. The topological polar surface area (TPSA) is 63.7 Å². The molecule has 28 heavy (non-hydrogen) atoms. The number of likely N-dealkylation sites (tertiary alicyclic amines) is 1. The van der Waals surface area contributed by atoms with Gasteiger partial charge in [0.05, 0.1) is 0 Å². The highest BCUT2D eigenvalue weighted by Crippen LogP contribution is 2.63. The molecule has 0 aromatic heterocycles. The predicted molar refractivity (Wildman–Crippen MR) is 105 cm³/mol. The van der Waals surface area contributed by atoms with E-state index in [4.69, 9.17) is 4.74 Å². The summed E-state index contributed by atoms with van der Waals surface area (Å²) >= 11 is 0. The molecule has 1 amide bonds. The van der Waals surface area contributed by atoms with Gasteiger partial charge in [-0.1, -0.05) is 13.8 Å². The Bertz CT molecular complexity index is 763. The monoisotopic (exact) mass is 387 g/mol. The van der Waals surface area contributed by atoms with Crippen molar-refractivity contribution in [2.45, 2.75) is 78.7 Å². The summed E-state index contributed by atoms with van der Waals surface area (Å²) in [5.74, 6) is 1.50. The molecule has 5 atom stereocenters. The van der Waals surface area contributed by atoms with Crippen LogP contribution in [0.15, 0.2) is 11.8 Å². The number of ketones is 2. The number of carbonyl (C=O) groups is 3. The quantitative estimate of drug-likeness (QED) is 0.614. The van der Waals surface area contributed by atoms with Gasteiger partial charge in [-0.3, -0.25) is 14.5 Å². The number of carbonyl (C=O) groups excluding carboxylic acids is 3. The molecule has 0 bridgehead atoms. The van der Waals surface area contributed by atoms with Gasteiger partial charge in [0, 0.05) is 42.0 Å². The Morgan fingerprint density at radius 2 is 1.75 bits per heavy atom. The van der Waals surface area contributed by atoms with Crippen molar-refractivity contribution in [2.75, 3.05) is 6.54 Å². The lowest BCUT2D eigenvalue weighted by atomic mass is 9.50. The molecule has 1 aliphatic heterocycles. The third-order valence-corrected chi connectivity index (χ3v) is 8.04. The molecule has 4 rings (SSSR count). The zero-order valence-electron chi connectivity index (χ0n) is 17.8. The van der Waals surface area contributed by atoms with E-state index in [-0.39, 0.29) is 28.6 Å². The molecule has 0 radical (unpaired) electrons. The van der Waals surface area contributed by atoms with Crippen molar-refractivity contribution in [2.24, 2.45) is 28.6 Å². The number of fused-ring (bicyclic) bond motifs is 5. The number of rotatable bonds is 0. The molecule has 4 aliphatic rings. The summed E-state index contributed by atoms with van der Waals surface area (Å²) in [7, 11) is 0. The van der Waals surface area contributed by atoms with Crippen LogP contribution in [0.1, 0.15) is 73.1 Å². The van der Waals surface area contributed by atoms with E-state index in [1.54, 1.807) is 11.0 Å². The van der Waals surface area contributed by atoms with Crippen molar-refractivity contribution < 1.29 is 19.1 Å². The second-order valence-electron chi connectivity index (χ2n) is 10.8. The van der Waals surface area contributed by atoms with Gasteiger partial charge in [0.1, 0.15) is 11.4 Å². The van der Waals surface area contributed by atoms with Gasteiger partial charge < -0.3 is 4.74 Å². The Morgan fingerprint density at radius 1 is 1.07 bits per heavy atom. The zero-order chi connectivity index (χ0) is 20.5. The molecule has 2 saturated carbocycles. The van der Waals surface area contributed by atoms with Crippen molar-refractivity contribution in [1.82, 2.24) is 4.90 Å². The number of allylic oxidation sites excluding steroid dienone is 2. The minimum Gasteiger partial charge on any atom is -0.443 e. The Balaban J connectivity index is 1.75. The van der Waals surface area contributed by atoms with Crippen LogP contribution in [0.25, 0.3) is 0 Å². The normalized spacial score (nSPS) is 40.4. The minimum absolute atomic E-state index is 0.0937. The number of ether oxygens (including phenoxy) is 1. The van der Waals surface area contributed by atoms with Gasteiger partial charge in [0.2, 0.25) is 0 Å². The van der Waals surface area contributed by atoms with Gasteiger partial charge >= 0.3 is 6.09 Å². The van der Waals surface area contributed by atoms with Gasteiger partial charge in [-0.05, 0) is 64.2 Å². The molecule has 0 aromatic carbocycles. The molecule has 0 N–H and O–H groups in total. The summed E-state index contributed by atoms with van der Waals surface area (Å²) in [5, 5.41) is 0. The molecule has 0 aromatic rings. The maximum atomic E-state index is 13.1. The van der Waals surface area contributed by atoms with Gasteiger partial charge in [-0.2, -0.15) is 0 Å². The smallest absolute Gasteiger partial charge is 0.414 e. The summed E-state index contributed by atoms with van der Waals surface area (Å²) in [5.41, 5.74) is -0.204. The molecule has 5 unspecified atom stereocenters. The van der Waals surface area contributed by atoms with Crippen LogP contribution >= 0.6 is 0 Å². The van der Waals surface area contributed by atoms with Gasteiger partial charge in [0.15, 0.2) is 5.78 Å². The lowest BCUT2D eigenvalue weighted by molar-refractivity contribution is -0.134. The van der Waals surface area contributed by atoms with Crippen molar-refractivity contribution in [3.05, 3.63) is 11.8 Å². The number of amides is 1.